The van der Waals surface area contributed by atoms with Crippen LogP contribution < -0.4 is 5.48 Å². The van der Waals surface area contributed by atoms with E-state index in [0.717, 1.165) is 0 Å². The van der Waals surface area contributed by atoms with Crippen LogP contribution in [-0.4, -0.2) is 22.5 Å². The molecule has 0 atom stereocenters. The van der Waals surface area contributed by atoms with E-state index in [1.54, 1.807) is 37.5 Å². The zero-order valence-corrected chi connectivity index (χ0v) is 8.80. The number of fused-ring (bicyclic) bond motifs is 1. The molecule has 5 heteroatoms. The molecule has 0 aliphatic rings. The number of carbonyl (C=O) groups excluding carboxylic acids is 1. The van der Waals surface area contributed by atoms with Gasteiger partial charge >= 0.3 is 0 Å². The van der Waals surface area contributed by atoms with Crippen molar-refractivity contribution in [2.24, 2.45) is 0 Å². The molecule has 0 bridgehead atoms. The Hall–Kier alpha value is -2.01. The zero-order chi connectivity index (χ0) is 11.4. The molecule has 5 nitrogen and oxygen atoms in total. The molecule has 1 amide bonds. The van der Waals surface area contributed by atoms with Crippen molar-refractivity contribution in [3.05, 3.63) is 36.2 Å². The number of hydroxylamine groups is 1. The van der Waals surface area contributed by atoms with Crippen LogP contribution in [0.15, 0.2) is 30.6 Å². The van der Waals surface area contributed by atoms with Crippen LogP contribution in [0.25, 0.3) is 11.0 Å². The summed E-state index contributed by atoms with van der Waals surface area (Å²) in [5.41, 5.74) is 4.05. The number of nitrogens with one attached hydrogen (secondary N) is 1. The Balaban J connectivity index is 2.40. The average molecular weight is 217 g/mol. The molecule has 1 aromatic heterocycles. The third-order valence-electron chi connectivity index (χ3n) is 2.05. The van der Waals surface area contributed by atoms with E-state index in [4.69, 9.17) is 4.84 Å². The molecule has 0 saturated carbocycles. The van der Waals surface area contributed by atoms with Gasteiger partial charge in [-0.05, 0) is 19.1 Å². The fraction of sp³-hybridized carbons (Fsp3) is 0.182. The first-order valence-electron chi connectivity index (χ1n) is 4.94. The molecule has 82 valence electrons. The predicted octanol–water partition coefficient (Wildman–Crippen LogP) is 1.31. The highest BCUT2D eigenvalue weighted by Gasteiger charge is 2.10. The van der Waals surface area contributed by atoms with Crippen molar-refractivity contribution in [3.8, 4) is 0 Å². The molecule has 0 spiro atoms. The summed E-state index contributed by atoms with van der Waals surface area (Å²) in [5, 5.41) is 0. The molecule has 2 rings (SSSR count). The third kappa shape index (κ3) is 1.99. The van der Waals surface area contributed by atoms with Gasteiger partial charge in [0.2, 0.25) is 0 Å². The minimum absolute atomic E-state index is 0.312. The summed E-state index contributed by atoms with van der Waals surface area (Å²) < 4.78 is 0. The summed E-state index contributed by atoms with van der Waals surface area (Å²) in [6.45, 7) is 2.21. The minimum atomic E-state index is -0.312. The van der Waals surface area contributed by atoms with E-state index in [2.05, 4.69) is 15.4 Å². The van der Waals surface area contributed by atoms with Gasteiger partial charge < -0.3 is 0 Å². The van der Waals surface area contributed by atoms with Crippen molar-refractivity contribution < 1.29 is 9.63 Å². The van der Waals surface area contributed by atoms with Gasteiger partial charge in [0, 0.05) is 12.4 Å². The highest BCUT2D eigenvalue weighted by Crippen LogP contribution is 2.13. The Morgan fingerprint density at radius 1 is 1.38 bits per heavy atom. The van der Waals surface area contributed by atoms with Gasteiger partial charge in [-0.25, -0.2) is 5.48 Å². The molecule has 16 heavy (non-hydrogen) atoms. The van der Waals surface area contributed by atoms with Crippen LogP contribution in [0, 0.1) is 0 Å². The van der Waals surface area contributed by atoms with E-state index in [0.29, 0.717) is 23.2 Å². The number of hydrogen-bond acceptors (Lipinski definition) is 4. The Morgan fingerprint density at radius 3 is 3.00 bits per heavy atom. The molecular formula is C11H11N3O2. The van der Waals surface area contributed by atoms with E-state index >= 15 is 0 Å². The Labute approximate surface area is 92.4 Å². The number of para-hydroxylation sites is 1. The van der Waals surface area contributed by atoms with E-state index in [1.165, 1.54) is 0 Å². The molecule has 0 fully saturated rings. The van der Waals surface area contributed by atoms with Gasteiger partial charge in [0.05, 0.1) is 17.7 Å². The van der Waals surface area contributed by atoms with E-state index < -0.39 is 0 Å². The second-order valence-electron chi connectivity index (χ2n) is 3.09. The first-order valence-corrected chi connectivity index (χ1v) is 4.94. The van der Waals surface area contributed by atoms with E-state index in [1.807, 2.05) is 0 Å². The lowest BCUT2D eigenvalue weighted by Crippen LogP contribution is -2.24. The SMILES string of the molecule is CCONC(=O)c1cccc2nccnc12. The van der Waals surface area contributed by atoms with Crippen LogP contribution in [0.4, 0.5) is 0 Å². The van der Waals surface area contributed by atoms with Gasteiger partial charge in [-0.3, -0.25) is 19.6 Å². The lowest BCUT2D eigenvalue weighted by molar-refractivity contribution is 0.0366. The van der Waals surface area contributed by atoms with Gasteiger partial charge in [-0.2, -0.15) is 0 Å². The molecule has 0 saturated heterocycles. The summed E-state index contributed by atoms with van der Waals surface area (Å²) >= 11 is 0. The average Bonchev–Trinajstić information content (AvgIpc) is 2.35. The summed E-state index contributed by atoms with van der Waals surface area (Å²) in [6, 6.07) is 5.25. The number of rotatable bonds is 3. The number of benzene rings is 1. The minimum Gasteiger partial charge on any atom is -0.274 e. The lowest BCUT2D eigenvalue weighted by Gasteiger charge is -2.05. The van der Waals surface area contributed by atoms with E-state index in [9.17, 15) is 4.79 Å². The van der Waals surface area contributed by atoms with Crippen molar-refractivity contribution in [2.75, 3.05) is 6.61 Å². The molecule has 0 unspecified atom stereocenters. The predicted molar refractivity (Wildman–Crippen MR) is 58.6 cm³/mol. The van der Waals surface area contributed by atoms with Crippen LogP contribution in [0.3, 0.4) is 0 Å². The van der Waals surface area contributed by atoms with Crippen LogP contribution >= 0.6 is 0 Å². The molecular weight excluding hydrogens is 206 g/mol. The summed E-state index contributed by atoms with van der Waals surface area (Å²) in [4.78, 5) is 24.8. The summed E-state index contributed by atoms with van der Waals surface area (Å²) in [7, 11) is 0. The normalized spacial score (nSPS) is 10.3. The quantitative estimate of drug-likeness (QED) is 0.787. The molecule has 0 aliphatic carbocycles. The van der Waals surface area contributed by atoms with E-state index in [-0.39, 0.29) is 5.91 Å². The first kappa shape index (κ1) is 10.5. The number of carbonyl (C=O) groups is 1. The zero-order valence-electron chi connectivity index (χ0n) is 8.80. The number of hydrogen-bond donors (Lipinski definition) is 1. The van der Waals surface area contributed by atoms with Crippen molar-refractivity contribution in [2.45, 2.75) is 6.92 Å². The number of amides is 1. The van der Waals surface area contributed by atoms with Crippen molar-refractivity contribution in [1.82, 2.24) is 15.4 Å². The van der Waals surface area contributed by atoms with Gasteiger partial charge in [0.1, 0.15) is 5.52 Å². The Bertz CT molecular complexity index is 508. The maximum absolute atomic E-state index is 11.7. The fourth-order valence-corrected chi connectivity index (χ4v) is 1.37. The van der Waals surface area contributed by atoms with Crippen molar-refractivity contribution >= 4 is 16.9 Å². The molecule has 1 N–H and O–H groups in total. The van der Waals surface area contributed by atoms with Gasteiger partial charge in [0.25, 0.3) is 5.91 Å². The highest BCUT2D eigenvalue weighted by molar-refractivity contribution is 6.04. The number of aromatic nitrogens is 2. The summed E-state index contributed by atoms with van der Waals surface area (Å²) in [6.07, 6.45) is 3.15. The number of nitrogens with zero attached hydrogens (tertiary/aromatic N) is 2. The monoisotopic (exact) mass is 217 g/mol. The lowest BCUT2D eigenvalue weighted by atomic mass is 10.1. The topological polar surface area (TPSA) is 64.1 Å². The fourth-order valence-electron chi connectivity index (χ4n) is 1.37. The Kier molecular flexibility index (Phi) is 3.07. The van der Waals surface area contributed by atoms with Gasteiger partial charge in [0.15, 0.2) is 0 Å². The van der Waals surface area contributed by atoms with Crippen LogP contribution in [0.5, 0.6) is 0 Å². The second kappa shape index (κ2) is 4.67. The molecule has 0 radical (unpaired) electrons. The van der Waals surface area contributed by atoms with Crippen LogP contribution in [0.1, 0.15) is 17.3 Å². The van der Waals surface area contributed by atoms with Crippen LogP contribution in [-0.2, 0) is 4.84 Å². The van der Waals surface area contributed by atoms with Gasteiger partial charge in [-0.1, -0.05) is 6.07 Å². The summed E-state index contributed by atoms with van der Waals surface area (Å²) in [5.74, 6) is -0.312. The van der Waals surface area contributed by atoms with Gasteiger partial charge in [-0.15, -0.1) is 0 Å². The Morgan fingerprint density at radius 2 is 2.19 bits per heavy atom. The highest BCUT2D eigenvalue weighted by atomic mass is 16.6. The largest absolute Gasteiger partial charge is 0.277 e. The maximum Gasteiger partial charge on any atom is 0.277 e. The third-order valence-corrected chi connectivity index (χ3v) is 2.05. The molecule has 0 aliphatic heterocycles. The smallest absolute Gasteiger partial charge is 0.274 e. The maximum atomic E-state index is 11.7. The van der Waals surface area contributed by atoms with Crippen LogP contribution in [0.2, 0.25) is 0 Å². The second-order valence-corrected chi connectivity index (χ2v) is 3.09. The molecule has 1 heterocycles. The van der Waals surface area contributed by atoms with Crippen molar-refractivity contribution in [1.29, 1.82) is 0 Å². The molecule has 2 aromatic rings. The van der Waals surface area contributed by atoms with Crippen molar-refractivity contribution in [3.63, 3.8) is 0 Å². The molecule has 1 aromatic carbocycles. The standard InChI is InChI=1S/C11H11N3O2/c1-2-16-14-11(15)8-4-3-5-9-10(8)13-7-6-12-9/h3-7H,2H2,1H3,(H,14,15). The first-order chi connectivity index (χ1) is 7.83.